The molecule has 3 N–H and O–H groups in total. The lowest BCUT2D eigenvalue weighted by Crippen LogP contribution is -2.16. The minimum Gasteiger partial charge on any atom is -0.464 e. The lowest BCUT2D eigenvalue weighted by Gasteiger charge is -2.02. The maximum atomic E-state index is 11.3. The van der Waals surface area contributed by atoms with Gasteiger partial charge in [0.25, 0.3) is 0 Å². The molecule has 6 heteroatoms. The highest BCUT2D eigenvalue weighted by atomic mass is 16.5. The van der Waals surface area contributed by atoms with E-state index in [1.165, 1.54) is 7.11 Å². The second kappa shape index (κ2) is 6.75. The summed E-state index contributed by atoms with van der Waals surface area (Å²) in [5.41, 5.74) is 1.45. The number of nitrogens with one attached hydrogen (secondary N) is 3. The number of imidazole rings is 1. The van der Waals surface area contributed by atoms with E-state index in [0.29, 0.717) is 12.2 Å². The lowest BCUT2D eigenvalue weighted by molar-refractivity contribution is 0.0594. The minimum absolute atomic E-state index is 0.343. The molecule has 2 heterocycles. The predicted octanol–water partition coefficient (Wildman–Crippen LogP) is 1.25. The predicted molar refractivity (Wildman–Crippen MR) is 70.7 cm³/mol. The Labute approximate surface area is 111 Å². The molecule has 0 aliphatic heterocycles. The highest BCUT2D eigenvalue weighted by Crippen LogP contribution is 2.03. The molecule has 6 nitrogen and oxygen atoms in total. The first-order valence-corrected chi connectivity index (χ1v) is 6.25. The first kappa shape index (κ1) is 13.4. The van der Waals surface area contributed by atoms with Gasteiger partial charge in [-0.2, -0.15) is 0 Å². The van der Waals surface area contributed by atoms with E-state index in [1.54, 1.807) is 12.3 Å². The van der Waals surface area contributed by atoms with E-state index in [4.69, 9.17) is 0 Å². The van der Waals surface area contributed by atoms with Gasteiger partial charge in [-0.15, -0.1) is 0 Å². The Morgan fingerprint density at radius 1 is 1.47 bits per heavy atom. The number of H-pyrrole nitrogens is 2. The first-order chi connectivity index (χ1) is 9.29. The van der Waals surface area contributed by atoms with Crippen LogP contribution in [0, 0.1) is 0 Å². The summed E-state index contributed by atoms with van der Waals surface area (Å²) >= 11 is 0. The highest BCUT2D eigenvalue weighted by Gasteiger charge is 2.07. The molecule has 0 aliphatic rings. The summed E-state index contributed by atoms with van der Waals surface area (Å²) in [6.45, 7) is 1.60. The number of esters is 1. The van der Waals surface area contributed by atoms with Crippen molar-refractivity contribution in [2.24, 2.45) is 0 Å². The van der Waals surface area contributed by atoms with Crippen LogP contribution in [0.1, 0.15) is 28.4 Å². The second-order valence-corrected chi connectivity index (χ2v) is 4.21. The molecule has 0 saturated heterocycles. The van der Waals surface area contributed by atoms with E-state index in [0.717, 1.165) is 30.9 Å². The summed E-state index contributed by atoms with van der Waals surface area (Å²) in [6, 6.07) is 3.61. The number of aromatic amines is 2. The van der Waals surface area contributed by atoms with Gasteiger partial charge in [-0.3, -0.25) is 0 Å². The molecule has 2 rings (SSSR count). The number of hydrogen-bond donors (Lipinski definition) is 3. The molecular formula is C13H18N4O2. The smallest absolute Gasteiger partial charge is 0.354 e. The molecule has 0 unspecified atom stereocenters. The fourth-order valence-electron chi connectivity index (χ4n) is 1.81. The number of methoxy groups -OCH3 is 1. The average Bonchev–Trinajstić information content (AvgIpc) is 3.08. The zero-order chi connectivity index (χ0) is 13.5. The molecule has 0 saturated carbocycles. The molecule has 2 aromatic heterocycles. The highest BCUT2D eigenvalue weighted by molar-refractivity contribution is 5.87. The van der Waals surface area contributed by atoms with Crippen LogP contribution in [-0.2, 0) is 17.7 Å². The van der Waals surface area contributed by atoms with Crippen molar-refractivity contribution in [3.63, 3.8) is 0 Å². The number of carbonyl (C=O) groups excluding carboxylic acids is 1. The number of carbonyl (C=O) groups is 1. The van der Waals surface area contributed by atoms with Crippen molar-refractivity contribution >= 4 is 5.97 Å². The maximum Gasteiger partial charge on any atom is 0.354 e. The number of aryl methyl sites for hydroxylation is 1. The molecule has 0 fully saturated rings. The normalized spacial score (nSPS) is 10.6. The van der Waals surface area contributed by atoms with E-state index in [-0.39, 0.29) is 5.97 Å². The fraction of sp³-hybridized carbons (Fsp3) is 0.385. The molecule has 0 radical (unpaired) electrons. The standard InChI is InChI=1S/C13H18N4O2/c1-19-13(18)11-5-4-10(17-11)9-14-6-2-3-12-15-7-8-16-12/h4-5,7-8,14,17H,2-3,6,9H2,1H3,(H,15,16). The van der Waals surface area contributed by atoms with Crippen molar-refractivity contribution in [3.05, 3.63) is 41.7 Å². The Balaban J connectivity index is 1.65. The quantitative estimate of drug-likeness (QED) is 0.518. The largest absolute Gasteiger partial charge is 0.464 e. The molecule has 19 heavy (non-hydrogen) atoms. The first-order valence-electron chi connectivity index (χ1n) is 6.25. The topological polar surface area (TPSA) is 82.8 Å². The average molecular weight is 262 g/mol. The lowest BCUT2D eigenvalue weighted by atomic mass is 10.3. The van der Waals surface area contributed by atoms with Crippen LogP contribution in [0.4, 0.5) is 0 Å². The molecule has 102 valence electrons. The Morgan fingerprint density at radius 2 is 2.37 bits per heavy atom. The number of aromatic nitrogens is 3. The van der Waals surface area contributed by atoms with Crippen molar-refractivity contribution in [3.8, 4) is 0 Å². The molecule has 0 aliphatic carbocycles. The fourth-order valence-corrected chi connectivity index (χ4v) is 1.81. The van der Waals surface area contributed by atoms with E-state index in [2.05, 4.69) is 25.0 Å². The third-order valence-electron chi connectivity index (χ3n) is 2.79. The summed E-state index contributed by atoms with van der Waals surface area (Å²) in [5.74, 6) is 0.665. The van der Waals surface area contributed by atoms with Gasteiger partial charge in [0.2, 0.25) is 0 Å². The van der Waals surface area contributed by atoms with Crippen LogP contribution in [0.25, 0.3) is 0 Å². The number of nitrogens with zero attached hydrogens (tertiary/aromatic N) is 1. The van der Waals surface area contributed by atoms with Crippen molar-refractivity contribution in [2.45, 2.75) is 19.4 Å². The van der Waals surface area contributed by atoms with Crippen molar-refractivity contribution in [1.82, 2.24) is 20.3 Å². The van der Waals surface area contributed by atoms with Crippen LogP contribution in [0.3, 0.4) is 0 Å². The van der Waals surface area contributed by atoms with Gasteiger partial charge >= 0.3 is 5.97 Å². The van der Waals surface area contributed by atoms with E-state index in [1.807, 2.05) is 12.3 Å². The van der Waals surface area contributed by atoms with Crippen LogP contribution in [0.5, 0.6) is 0 Å². The zero-order valence-electron chi connectivity index (χ0n) is 10.9. The van der Waals surface area contributed by atoms with Gasteiger partial charge in [0, 0.05) is 31.1 Å². The molecule has 0 atom stereocenters. The summed E-state index contributed by atoms with van der Waals surface area (Å²) < 4.78 is 4.63. The van der Waals surface area contributed by atoms with E-state index in [9.17, 15) is 4.79 Å². The Kier molecular flexibility index (Phi) is 4.74. The maximum absolute atomic E-state index is 11.3. The summed E-state index contributed by atoms with van der Waals surface area (Å²) in [7, 11) is 1.37. The zero-order valence-corrected chi connectivity index (χ0v) is 10.9. The monoisotopic (exact) mass is 262 g/mol. The molecule has 0 spiro atoms. The van der Waals surface area contributed by atoms with Gasteiger partial charge < -0.3 is 20.0 Å². The minimum atomic E-state index is -0.343. The SMILES string of the molecule is COC(=O)c1ccc(CNCCCc2ncc[nH]2)[nH]1. The van der Waals surface area contributed by atoms with Gasteiger partial charge in [-0.1, -0.05) is 0 Å². The van der Waals surface area contributed by atoms with E-state index >= 15 is 0 Å². The van der Waals surface area contributed by atoms with Gasteiger partial charge in [0.15, 0.2) is 0 Å². The van der Waals surface area contributed by atoms with Crippen molar-refractivity contribution in [1.29, 1.82) is 0 Å². The van der Waals surface area contributed by atoms with Crippen LogP contribution in [-0.4, -0.2) is 34.6 Å². The summed E-state index contributed by atoms with van der Waals surface area (Å²) in [6.07, 6.45) is 5.53. The third kappa shape index (κ3) is 3.96. The molecule has 2 aromatic rings. The number of hydrogen-bond acceptors (Lipinski definition) is 4. The third-order valence-corrected chi connectivity index (χ3v) is 2.79. The van der Waals surface area contributed by atoms with Gasteiger partial charge in [0.1, 0.15) is 11.5 Å². The summed E-state index contributed by atoms with van der Waals surface area (Å²) in [4.78, 5) is 21.5. The molecular weight excluding hydrogens is 244 g/mol. The van der Waals surface area contributed by atoms with Crippen molar-refractivity contribution in [2.75, 3.05) is 13.7 Å². The van der Waals surface area contributed by atoms with Gasteiger partial charge in [-0.05, 0) is 25.1 Å². The molecule has 0 aromatic carbocycles. The molecule has 0 bridgehead atoms. The van der Waals surface area contributed by atoms with Crippen LogP contribution >= 0.6 is 0 Å². The Hall–Kier alpha value is -2.08. The van der Waals surface area contributed by atoms with Gasteiger partial charge in [0.05, 0.1) is 7.11 Å². The van der Waals surface area contributed by atoms with Gasteiger partial charge in [-0.25, -0.2) is 9.78 Å². The van der Waals surface area contributed by atoms with Crippen LogP contribution < -0.4 is 5.32 Å². The summed E-state index contributed by atoms with van der Waals surface area (Å²) in [5, 5.41) is 3.31. The van der Waals surface area contributed by atoms with E-state index < -0.39 is 0 Å². The Morgan fingerprint density at radius 3 is 3.11 bits per heavy atom. The van der Waals surface area contributed by atoms with Crippen molar-refractivity contribution < 1.29 is 9.53 Å². The van der Waals surface area contributed by atoms with Crippen LogP contribution in [0.15, 0.2) is 24.5 Å². The number of ether oxygens (including phenoxy) is 1. The number of rotatable bonds is 7. The Bertz CT molecular complexity index is 504. The molecule has 0 amide bonds. The van der Waals surface area contributed by atoms with Crippen LogP contribution in [0.2, 0.25) is 0 Å². The second-order valence-electron chi connectivity index (χ2n) is 4.21.